The molecule has 1 aromatic rings. The van der Waals surface area contributed by atoms with Crippen LogP contribution < -0.4 is 14.8 Å². The molecule has 0 radical (unpaired) electrons. The number of rotatable bonds is 5. The van der Waals surface area contributed by atoms with Gasteiger partial charge in [-0.05, 0) is 44.7 Å². The van der Waals surface area contributed by atoms with Crippen molar-refractivity contribution in [1.29, 1.82) is 0 Å². The maximum atomic E-state index is 12.8. The predicted octanol–water partition coefficient (Wildman–Crippen LogP) is 2.93. The van der Waals surface area contributed by atoms with Crippen LogP contribution in [0.25, 0.3) is 0 Å². The number of benzene rings is 1. The van der Waals surface area contributed by atoms with Crippen LogP contribution in [0, 0.1) is 11.3 Å². The number of methoxy groups -OCH3 is 2. The van der Waals surface area contributed by atoms with E-state index < -0.39 is 5.41 Å². The molecule has 0 spiro atoms. The van der Waals surface area contributed by atoms with Crippen LogP contribution in [0.4, 0.5) is 5.69 Å². The van der Waals surface area contributed by atoms with E-state index in [0.29, 0.717) is 36.2 Å². The molecule has 1 aromatic carbocycles. The second-order valence-electron chi connectivity index (χ2n) is 7.12. The number of carbonyl (C=O) groups excluding carboxylic acids is 2. The first-order valence-electron chi connectivity index (χ1n) is 8.62. The number of nitrogens with one attached hydrogen (secondary N) is 1. The van der Waals surface area contributed by atoms with E-state index in [1.165, 1.54) is 7.11 Å². The Morgan fingerprint density at radius 2 is 1.80 bits per heavy atom. The van der Waals surface area contributed by atoms with Crippen LogP contribution >= 0.6 is 0 Å². The van der Waals surface area contributed by atoms with Crippen molar-refractivity contribution in [2.24, 2.45) is 11.3 Å². The van der Waals surface area contributed by atoms with Gasteiger partial charge in [-0.15, -0.1) is 0 Å². The Hall–Kier alpha value is -2.24. The molecule has 1 heterocycles. The standard InChI is InChI=1S/C19H28N2O4/c1-13-8-10-21(11-9-13)18(23)19(2,3)17(22)20-15-12-14(24-4)6-7-16(15)25-5/h6-7,12-13H,8-11H2,1-5H3,(H,20,22). The Balaban J connectivity index is 2.14. The third-order valence-corrected chi connectivity index (χ3v) is 4.83. The van der Waals surface area contributed by atoms with Crippen LogP contribution in [0.15, 0.2) is 18.2 Å². The molecule has 2 amide bonds. The van der Waals surface area contributed by atoms with Gasteiger partial charge in [-0.1, -0.05) is 6.92 Å². The zero-order valence-electron chi connectivity index (χ0n) is 15.7. The fourth-order valence-corrected chi connectivity index (χ4v) is 2.89. The summed E-state index contributed by atoms with van der Waals surface area (Å²) in [4.78, 5) is 27.4. The summed E-state index contributed by atoms with van der Waals surface area (Å²) in [5, 5.41) is 2.81. The summed E-state index contributed by atoms with van der Waals surface area (Å²) in [5.74, 6) is 1.25. The van der Waals surface area contributed by atoms with Gasteiger partial charge in [0.05, 0.1) is 19.9 Å². The average Bonchev–Trinajstić information content (AvgIpc) is 2.61. The van der Waals surface area contributed by atoms with Crippen LogP contribution in [0.1, 0.15) is 33.6 Å². The summed E-state index contributed by atoms with van der Waals surface area (Å²) in [7, 11) is 3.08. The van der Waals surface area contributed by atoms with Crippen LogP contribution in [0.5, 0.6) is 11.5 Å². The largest absolute Gasteiger partial charge is 0.497 e. The van der Waals surface area contributed by atoms with E-state index in [1.54, 1.807) is 44.1 Å². The van der Waals surface area contributed by atoms with Crippen molar-refractivity contribution in [2.75, 3.05) is 32.6 Å². The lowest BCUT2D eigenvalue weighted by atomic mass is 9.88. The minimum atomic E-state index is -1.16. The fourth-order valence-electron chi connectivity index (χ4n) is 2.89. The Labute approximate surface area is 149 Å². The monoisotopic (exact) mass is 348 g/mol. The lowest BCUT2D eigenvalue weighted by molar-refractivity contribution is -0.147. The number of anilines is 1. The number of hydrogen-bond donors (Lipinski definition) is 1. The number of piperidine rings is 1. The minimum absolute atomic E-state index is 0.140. The molecule has 6 heteroatoms. The molecule has 0 aromatic heterocycles. The highest BCUT2D eigenvalue weighted by atomic mass is 16.5. The zero-order valence-corrected chi connectivity index (χ0v) is 15.7. The first-order chi connectivity index (χ1) is 11.8. The van der Waals surface area contributed by atoms with Crippen LogP contribution in [0.2, 0.25) is 0 Å². The van der Waals surface area contributed by atoms with Gasteiger partial charge in [0.1, 0.15) is 16.9 Å². The van der Waals surface area contributed by atoms with E-state index in [4.69, 9.17) is 9.47 Å². The smallest absolute Gasteiger partial charge is 0.239 e. The lowest BCUT2D eigenvalue weighted by Gasteiger charge is -2.35. The van der Waals surface area contributed by atoms with Crippen molar-refractivity contribution >= 4 is 17.5 Å². The van der Waals surface area contributed by atoms with Crippen molar-refractivity contribution in [3.63, 3.8) is 0 Å². The van der Waals surface area contributed by atoms with E-state index in [9.17, 15) is 9.59 Å². The fraction of sp³-hybridized carbons (Fsp3) is 0.579. The van der Waals surface area contributed by atoms with Crippen LogP contribution in [0.3, 0.4) is 0 Å². The normalized spacial score (nSPS) is 15.6. The molecule has 6 nitrogen and oxygen atoms in total. The number of likely N-dealkylation sites (tertiary alicyclic amines) is 1. The van der Waals surface area contributed by atoms with Crippen LogP contribution in [-0.2, 0) is 9.59 Å². The molecule has 1 aliphatic rings. The maximum Gasteiger partial charge on any atom is 0.239 e. The molecule has 2 rings (SSSR count). The highest BCUT2D eigenvalue weighted by Crippen LogP contribution is 2.31. The molecule has 1 saturated heterocycles. The predicted molar refractivity (Wildman–Crippen MR) is 96.9 cm³/mol. The summed E-state index contributed by atoms with van der Waals surface area (Å²) in [6.45, 7) is 6.93. The van der Waals surface area contributed by atoms with Gasteiger partial charge in [0, 0.05) is 19.2 Å². The Kier molecular flexibility index (Phi) is 5.93. The number of hydrogen-bond acceptors (Lipinski definition) is 4. The van der Waals surface area contributed by atoms with Crippen molar-refractivity contribution < 1.29 is 19.1 Å². The number of carbonyl (C=O) groups is 2. The second-order valence-corrected chi connectivity index (χ2v) is 7.12. The highest BCUT2D eigenvalue weighted by Gasteiger charge is 2.40. The van der Waals surface area contributed by atoms with Gasteiger partial charge in [0.15, 0.2) is 0 Å². The lowest BCUT2D eigenvalue weighted by Crippen LogP contribution is -2.49. The molecule has 0 atom stereocenters. The zero-order chi connectivity index (χ0) is 18.6. The summed E-state index contributed by atoms with van der Waals surface area (Å²) < 4.78 is 10.5. The number of amides is 2. The number of ether oxygens (including phenoxy) is 2. The Morgan fingerprint density at radius 3 is 2.36 bits per heavy atom. The van der Waals surface area contributed by atoms with E-state index in [-0.39, 0.29) is 11.8 Å². The SMILES string of the molecule is COc1ccc(OC)c(NC(=O)C(C)(C)C(=O)N2CCC(C)CC2)c1. The number of nitrogens with zero attached hydrogens (tertiary/aromatic N) is 1. The topological polar surface area (TPSA) is 67.9 Å². The third-order valence-electron chi connectivity index (χ3n) is 4.83. The molecule has 1 fully saturated rings. The average molecular weight is 348 g/mol. The minimum Gasteiger partial charge on any atom is -0.497 e. The molecule has 25 heavy (non-hydrogen) atoms. The van der Waals surface area contributed by atoms with Gasteiger partial charge in [0.2, 0.25) is 11.8 Å². The van der Waals surface area contributed by atoms with Crippen molar-refractivity contribution in [3.05, 3.63) is 18.2 Å². The van der Waals surface area contributed by atoms with Gasteiger partial charge >= 0.3 is 0 Å². The molecule has 138 valence electrons. The molecular weight excluding hydrogens is 320 g/mol. The summed E-state index contributed by atoms with van der Waals surface area (Å²) >= 11 is 0. The van der Waals surface area contributed by atoms with Crippen molar-refractivity contribution in [3.8, 4) is 11.5 Å². The summed E-state index contributed by atoms with van der Waals surface area (Å²) in [6, 6.07) is 5.15. The van der Waals surface area contributed by atoms with Gasteiger partial charge < -0.3 is 19.7 Å². The third kappa shape index (κ3) is 4.24. The van der Waals surface area contributed by atoms with E-state index in [2.05, 4.69) is 12.2 Å². The van der Waals surface area contributed by atoms with Gasteiger partial charge in [-0.3, -0.25) is 9.59 Å². The molecule has 0 aliphatic carbocycles. The highest BCUT2D eigenvalue weighted by molar-refractivity contribution is 6.10. The van der Waals surface area contributed by atoms with Crippen LogP contribution in [-0.4, -0.2) is 44.0 Å². The Morgan fingerprint density at radius 1 is 1.16 bits per heavy atom. The first kappa shape index (κ1) is 19.1. The van der Waals surface area contributed by atoms with Gasteiger partial charge in [-0.2, -0.15) is 0 Å². The molecular formula is C19H28N2O4. The van der Waals surface area contributed by atoms with Crippen molar-refractivity contribution in [1.82, 2.24) is 4.90 Å². The molecule has 0 saturated carbocycles. The summed E-state index contributed by atoms with van der Waals surface area (Å²) in [5.41, 5.74) is -0.672. The first-order valence-corrected chi connectivity index (χ1v) is 8.62. The second kappa shape index (κ2) is 7.76. The van der Waals surface area contributed by atoms with Gasteiger partial charge in [-0.25, -0.2) is 0 Å². The van der Waals surface area contributed by atoms with E-state index in [1.807, 2.05) is 0 Å². The summed E-state index contributed by atoms with van der Waals surface area (Å²) in [6.07, 6.45) is 1.96. The molecule has 0 unspecified atom stereocenters. The van der Waals surface area contributed by atoms with Gasteiger partial charge in [0.25, 0.3) is 0 Å². The quantitative estimate of drug-likeness (QED) is 0.831. The molecule has 1 N–H and O–H groups in total. The molecule has 1 aliphatic heterocycles. The van der Waals surface area contributed by atoms with Crippen molar-refractivity contribution in [2.45, 2.75) is 33.6 Å². The maximum absolute atomic E-state index is 12.8. The van der Waals surface area contributed by atoms with E-state index >= 15 is 0 Å². The van der Waals surface area contributed by atoms with E-state index in [0.717, 1.165) is 12.8 Å². The Bertz CT molecular complexity index is 634. The molecule has 0 bridgehead atoms.